The van der Waals surface area contributed by atoms with E-state index in [1.165, 1.54) is 16.2 Å². The third-order valence-corrected chi connectivity index (χ3v) is 12.1. The predicted octanol–water partition coefficient (Wildman–Crippen LogP) is 4.66. The molecule has 2 bridgehead atoms. The number of para-hydroxylation sites is 1. The van der Waals surface area contributed by atoms with E-state index in [0.717, 1.165) is 38.8 Å². The number of thiazole rings is 1. The number of aliphatic carboxylic acids is 1. The number of H-pyrrole nitrogens is 1. The van der Waals surface area contributed by atoms with Crippen LogP contribution in [0.2, 0.25) is 0 Å². The minimum Gasteiger partial charge on any atom is -0.489 e. The molecule has 0 spiro atoms. The SMILES string of the molecule is Cc1ccccc1COc1ccccc1[C@H]1c2sc(=O)[nH]c2SC2C3CC(C4C(=O)N(CCCC(=O)O)C(=O)C34)C21. The fourth-order valence-electron chi connectivity index (χ4n) is 7.83. The zero-order valence-corrected chi connectivity index (χ0v) is 24.1. The van der Waals surface area contributed by atoms with E-state index < -0.39 is 5.97 Å². The van der Waals surface area contributed by atoms with Gasteiger partial charge in [-0.2, -0.15) is 0 Å². The molecule has 8 nitrogen and oxygen atoms in total. The molecule has 1 aromatic heterocycles. The van der Waals surface area contributed by atoms with Crippen LogP contribution in [0.4, 0.5) is 0 Å². The number of imide groups is 1. The van der Waals surface area contributed by atoms with Crippen LogP contribution in [0.3, 0.4) is 0 Å². The van der Waals surface area contributed by atoms with Gasteiger partial charge in [-0.1, -0.05) is 53.8 Å². The van der Waals surface area contributed by atoms with Gasteiger partial charge in [0.15, 0.2) is 0 Å². The zero-order chi connectivity index (χ0) is 28.4. The summed E-state index contributed by atoms with van der Waals surface area (Å²) >= 11 is 2.89. The summed E-state index contributed by atoms with van der Waals surface area (Å²) in [4.78, 5) is 56.1. The summed E-state index contributed by atoms with van der Waals surface area (Å²) in [7, 11) is 0. The Morgan fingerprint density at radius 1 is 1.05 bits per heavy atom. The lowest BCUT2D eigenvalue weighted by atomic mass is 9.68. The first-order chi connectivity index (χ1) is 19.8. The number of hydrogen-bond donors (Lipinski definition) is 2. The van der Waals surface area contributed by atoms with Crippen LogP contribution in [0.25, 0.3) is 0 Å². The summed E-state index contributed by atoms with van der Waals surface area (Å²) in [6, 6.07) is 16.1. The lowest BCUT2D eigenvalue weighted by Crippen LogP contribution is -2.42. The Labute approximate surface area is 245 Å². The summed E-state index contributed by atoms with van der Waals surface area (Å²) < 4.78 is 6.45. The quantitative estimate of drug-likeness (QED) is 0.367. The van der Waals surface area contributed by atoms with Gasteiger partial charge in [0.1, 0.15) is 12.4 Å². The number of hydrogen-bond acceptors (Lipinski definition) is 7. The number of aromatic amines is 1. The number of ether oxygens (including phenoxy) is 1. The average Bonchev–Trinajstić information content (AvgIpc) is 3.68. The Morgan fingerprint density at radius 3 is 2.56 bits per heavy atom. The molecule has 2 N–H and O–H groups in total. The van der Waals surface area contributed by atoms with Crippen LogP contribution < -0.4 is 9.61 Å². The molecule has 2 aliphatic heterocycles. The summed E-state index contributed by atoms with van der Waals surface area (Å²) in [5.74, 6) is -1.26. The van der Waals surface area contributed by atoms with Crippen LogP contribution in [0.5, 0.6) is 5.75 Å². The van der Waals surface area contributed by atoms with E-state index >= 15 is 0 Å². The monoisotopic (exact) mass is 590 g/mol. The van der Waals surface area contributed by atoms with Crippen LogP contribution in [0.1, 0.15) is 46.7 Å². The molecule has 4 aliphatic rings. The van der Waals surface area contributed by atoms with E-state index in [1.807, 2.05) is 30.3 Å². The highest BCUT2D eigenvalue weighted by Gasteiger charge is 2.69. The molecule has 2 amide bonds. The van der Waals surface area contributed by atoms with E-state index in [2.05, 4.69) is 30.1 Å². The second-order valence-electron chi connectivity index (χ2n) is 11.5. The average molecular weight is 591 g/mol. The number of amides is 2. The number of carboxylic acids is 1. The summed E-state index contributed by atoms with van der Waals surface area (Å²) in [5, 5.41) is 10.00. The van der Waals surface area contributed by atoms with Crippen LogP contribution in [0.15, 0.2) is 58.4 Å². The van der Waals surface area contributed by atoms with E-state index in [4.69, 9.17) is 9.84 Å². The fraction of sp³-hybridized carbons (Fsp3) is 0.419. The lowest BCUT2D eigenvalue weighted by molar-refractivity contribution is -0.142. The van der Waals surface area contributed by atoms with E-state index in [1.54, 1.807) is 11.8 Å². The molecule has 7 rings (SSSR count). The first-order valence-electron chi connectivity index (χ1n) is 14.1. The Kier molecular flexibility index (Phi) is 6.58. The minimum absolute atomic E-state index is 0.00296. The van der Waals surface area contributed by atoms with Gasteiger partial charge in [-0.3, -0.25) is 24.1 Å². The van der Waals surface area contributed by atoms with Gasteiger partial charge in [-0.25, -0.2) is 0 Å². The molecule has 7 atom stereocenters. The number of nitrogens with zero attached hydrogens (tertiary/aromatic N) is 1. The van der Waals surface area contributed by atoms with E-state index in [0.29, 0.717) is 6.61 Å². The van der Waals surface area contributed by atoms with Gasteiger partial charge < -0.3 is 14.8 Å². The number of thioether (sulfide) groups is 1. The molecular formula is C31H30N2O6S2. The molecule has 10 heteroatoms. The van der Waals surface area contributed by atoms with Crippen molar-refractivity contribution in [1.82, 2.24) is 9.88 Å². The second-order valence-corrected chi connectivity index (χ2v) is 13.7. The molecule has 0 radical (unpaired) electrons. The number of carbonyl (C=O) groups is 3. The maximum Gasteiger partial charge on any atom is 0.305 e. The first kappa shape index (κ1) is 26.5. The van der Waals surface area contributed by atoms with Crippen molar-refractivity contribution in [3.05, 3.63) is 79.8 Å². The smallest absolute Gasteiger partial charge is 0.305 e. The number of fused-ring (bicyclic) bond motifs is 9. The van der Waals surface area contributed by atoms with Crippen molar-refractivity contribution >= 4 is 40.9 Å². The highest BCUT2D eigenvalue weighted by atomic mass is 32.2. The van der Waals surface area contributed by atoms with Crippen LogP contribution in [0, 0.1) is 36.5 Å². The van der Waals surface area contributed by atoms with E-state index in [9.17, 15) is 19.2 Å². The zero-order valence-electron chi connectivity index (χ0n) is 22.4. The van der Waals surface area contributed by atoms with Gasteiger partial charge in [0, 0.05) is 34.6 Å². The number of nitrogens with one attached hydrogen (secondary N) is 1. The van der Waals surface area contributed by atoms with Crippen LogP contribution in [-0.2, 0) is 21.0 Å². The molecule has 2 aromatic carbocycles. The maximum atomic E-state index is 13.7. The standard InChI is InChI=1S/C31H30N2O6S2/c1-15-7-2-3-8-16(15)14-39-20-10-5-4-9-17(20)22-23-18-13-19(26(23)40-28-27(22)41-31(38)32-28)25-24(18)29(36)33(30(25)37)12-6-11-21(34)35/h2-5,7-10,18-19,22-26H,6,11-14H2,1H3,(H,32,38)(H,34,35)/t18?,19?,22-,23?,24?,25?,26?/m1/s1. The van der Waals surface area contributed by atoms with Crippen LogP contribution in [-0.4, -0.2) is 44.6 Å². The van der Waals surface area contributed by atoms with Crippen LogP contribution >= 0.6 is 23.1 Å². The van der Waals surface area contributed by atoms with Crippen molar-refractivity contribution in [2.45, 2.75) is 49.0 Å². The number of aromatic nitrogens is 1. The molecule has 3 aromatic rings. The third kappa shape index (κ3) is 4.25. The molecule has 41 heavy (non-hydrogen) atoms. The number of carboxylic acid groups (broad SMARTS) is 1. The van der Waals surface area contributed by atoms with Crippen molar-refractivity contribution < 1.29 is 24.2 Å². The third-order valence-electron chi connectivity index (χ3n) is 9.49. The predicted molar refractivity (Wildman–Crippen MR) is 154 cm³/mol. The number of likely N-dealkylation sites (tertiary alicyclic amines) is 1. The van der Waals surface area contributed by atoms with Gasteiger partial charge >= 0.3 is 10.8 Å². The van der Waals surface area contributed by atoms with Crippen molar-refractivity contribution in [2.24, 2.45) is 29.6 Å². The molecule has 2 saturated carbocycles. The summed E-state index contributed by atoms with van der Waals surface area (Å²) in [6.07, 6.45) is 0.991. The Morgan fingerprint density at radius 2 is 1.78 bits per heavy atom. The number of benzene rings is 2. The molecular weight excluding hydrogens is 560 g/mol. The summed E-state index contributed by atoms with van der Waals surface area (Å²) in [5.41, 5.74) is 3.26. The van der Waals surface area contributed by atoms with Crippen molar-refractivity contribution in [3.63, 3.8) is 0 Å². The molecule has 6 unspecified atom stereocenters. The fourth-order valence-corrected chi connectivity index (χ4v) is 10.7. The summed E-state index contributed by atoms with van der Waals surface area (Å²) in [6.45, 7) is 2.64. The van der Waals surface area contributed by atoms with Gasteiger partial charge in [0.25, 0.3) is 0 Å². The molecule has 3 fully saturated rings. The topological polar surface area (TPSA) is 117 Å². The molecule has 212 valence electrons. The van der Waals surface area contributed by atoms with Gasteiger partial charge in [-0.05, 0) is 54.7 Å². The van der Waals surface area contributed by atoms with Gasteiger partial charge in [0.05, 0.1) is 16.9 Å². The van der Waals surface area contributed by atoms with Gasteiger partial charge in [-0.15, -0.1) is 11.8 Å². The van der Waals surface area contributed by atoms with Crippen molar-refractivity contribution in [2.75, 3.05) is 6.54 Å². The minimum atomic E-state index is -0.932. The maximum absolute atomic E-state index is 13.7. The van der Waals surface area contributed by atoms with Crippen molar-refractivity contribution in [3.8, 4) is 5.75 Å². The Hall–Kier alpha value is -3.37. The Bertz CT molecular complexity index is 1610. The molecule has 3 heterocycles. The largest absolute Gasteiger partial charge is 0.489 e. The lowest BCUT2D eigenvalue weighted by Gasteiger charge is -2.43. The number of aryl methyl sites for hydroxylation is 1. The number of carbonyl (C=O) groups excluding carboxylic acids is 2. The highest BCUT2D eigenvalue weighted by molar-refractivity contribution is 8.00. The van der Waals surface area contributed by atoms with E-state index in [-0.39, 0.29) is 76.8 Å². The second kappa shape index (κ2) is 10.2. The number of rotatable bonds is 8. The Balaban J connectivity index is 1.24. The normalized spacial score (nSPS) is 29.4. The highest BCUT2D eigenvalue weighted by Crippen LogP contribution is 2.69. The first-order valence-corrected chi connectivity index (χ1v) is 15.8. The van der Waals surface area contributed by atoms with Crippen molar-refractivity contribution in [1.29, 1.82) is 0 Å². The van der Waals surface area contributed by atoms with Gasteiger partial charge in [0.2, 0.25) is 11.8 Å². The molecule has 1 saturated heterocycles. The molecule has 2 aliphatic carbocycles.